The summed E-state index contributed by atoms with van der Waals surface area (Å²) in [4.78, 5) is 0. The van der Waals surface area contributed by atoms with Crippen LogP contribution < -0.4 is 0 Å². The third kappa shape index (κ3) is 14.2. The molecule has 0 aliphatic carbocycles. The molecule has 0 aliphatic rings. The molecule has 0 saturated heterocycles. The van der Waals surface area contributed by atoms with Gasteiger partial charge >= 0.3 is 0 Å². The summed E-state index contributed by atoms with van der Waals surface area (Å²) in [5.74, 6) is 0. The van der Waals surface area contributed by atoms with Crippen molar-refractivity contribution in [3.63, 3.8) is 0 Å². The maximum Gasteiger partial charge on any atom is 0.126 e. The molecule has 112 valence electrons. The van der Waals surface area contributed by atoms with Gasteiger partial charge < -0.3 is 23.9 Å². The monoisotopic (exact) mass is 286 g/mol. The van der Waals surface area contributed by atoms with Crippen LogP contribution in [0.15, 0.2) is 0 Å². The number of quaternary nitrogens is 2. The third-order valence-electron chi connectivity index (χ3n) is 2.14. The van der Waals surface area contributed by atoms with Crippen LogP contribution in [0, 0.1) is 0 Å². The molecule has 0 aliphatic heterocycles. The molecule has 0 aromatic rings. The Labute approximate surface area is 118 Å². The Bertz CT molecular complexity index is 192. The first kappa shape index (κ1) is 20.4. The lowest BCUT2D eigenvalue weighted by atomic mass is 10.3. The van der Waals surface area contributed by atoms with Crippen molar-refractivity contribution in [3.8, 4) is 0 Å². The van der Waals surface area contributed by atoms with Gasteiger partial charge in [0.25, 0.3) is 0 Å². The van der Waals surface area contributed by atoms with Crippen molar-refractivity contribution in [2.24, 2.45) is 0 Å². The number of rotatable bonds is 8. The van der Waals surface area contributed by atoms with E-state index in [4.69, 9.17) is 4.74 Å². The van der Waals surface area contributed by atoms with Gasteiger partial charge in [0, 0.05) is 0 Å². The number of hydrogen-bond acceptors (Lipinski definition) is 3. The van der Waals surface area contributed by atoms with E-state index < -0.39 is 12.2 Å². The maximum absolute atomic E-state index is 9.70. The van der Waals surface area contributed by atoms with Gasteiger partial charge in [-0.25, -0.2) is 0 Å². The van der Waals surface area contributed by atoms with E-state index >= 15 is 0 Å². The zero-order chi connectivity index (χ0) is 13.7. The summed E-state index contributed by atoms with van der Waals surface area (Å²) in [5.41, 5.74) is 0. The highest BCUT2D eigenvalue weighted by Gasteiger charge is 2.18. The Morgan fingerprint density at radius 3 is 1.28 bits per heavy atom. The number of ether oxygens (including phenoxy) is 1. The van der Waals surface area contributed by atoms with Crippen LogP contribution in [-0.4, -0.2) is 100.0 Å². The van der Waals surface area contributed by atoms with Gasteiger partial charge in [0.2, 0.25) is 0 Å². The molecule has 0 heterocycles. The zero-order valence-corrected chi connectivity index (χ0v) is 13.4. The van der Waals surface area contributed by atoms with Crippen LogP contribution in [0.2, 0.25) is 0 Å². The molecule has 0 saturated carbocycles. The summed E-state index contributed by atoms with van der Waals surface area (Å²) >= 11 is 0. The predicted molar refractivity (Wildman–Crippen MR) is 75.9 cm³/mol. The molecule has 0 bridgehead atoms. The highest BCUT2D eigenvalue weighted by molar-refractivity contribution is 5.85. The van der Waals surface area contributed by atoms with E-state index in [-0.39, 0.29) is 25.6 Å². The average Bonchev–Trinajstić information content (AvgIpc) is 1.95. The molecule has 6 heteroatoms. The van der Waals surface area contributed by atoms with Crippen LogP contribution in [0.5, 0.6) is 0 Å². The molecule has 5 nitrogen and oxygen atoms in total. The first-order chi connectivity index (χ1) is 7.49. The maximum atomic E-state index is 9.70. The largest absolute Gasteiger partial charge is 0.385 e. The van der Waals surface area contributed by atoms with Gasteiger partial charge in [0.05, 0.1) is 55.5 Å². The number of likely N-dealkylation sites (N-methyl/N-ethyl adjacent to an activating group) is 2. The second-order valence-electron chi connectivity index (χ2n) is 6.79. The minimum absolute atomic E-state index is 0. The zero-order valence-electron chi connectivity index (χ0n) is 12.6. The Kier molecular flexibility index (Phi) is 9.41. The van der Waals surface area contributed by atoms with Crippen molar-refractivity contribution in [1.29, 1.82) is 0 Å². The van der Waals surface area contributed by atoms with Gasteiger partial charge in [-0.3, -0.25) is 0 Å². The van der Waals surface area contributed by atoms with E-state index in [0.29, 0.717) is 22.1 Å². The van der Waals surface area contributed by atoms with Crippen LogP contribution in [0.25, 0.3) is 0 Å². The number of nitrogens with zero attached hydrogens (tertiary/aromatic N) is 2. The average molecular weight is 287 g/mol. The molecule has 0 aromatic carbocycles. The van der Waals surface area contributed by atoms with E-state index in [0.717, 1.165) is 0 Å². The van der Waals surface area contributed by atoms with Crippen LogP contribution in [0.1, 0.15) is 0 Å². The summed E-state index contributed by atoms with van der Waals surface area (Å²) in [6, 6.07) is 0. The summed E-state index contributed by atoms with van der Waals surface area (Å²) in [6.07, 6.45) is -0.961. The van der Waals surface area contributed by atoms with E-state index in [1.807, 2.05) is 42.3 Å². The fourth-order valence-corrected chi connectivity index (χ4v) is 1.71. The Morgan fingerprint density at radius 2 is 1.06 bits per heavy atom. The van der Waals surface area contributed by atoms with Crippen LogP contribution in [0.3, 0.4) is 0 Å². The van der Waals surface area contributed by atoms with Crippen molar-refractivity contribution in [2.45, 2.75) is 12.2 Å². The molecule has 0 rings (SSSR count). The Morgan fingerprint density at radius 1 is 0.778 bits per heavy atom. The van der Waals surface area contributed by atoms with E-state index in [1.165, 1.54) is 0 Å². The van der Waals surface area contributed by atoms with E-state index in [2.05, 4.69) is 0 Å². The first-order valence-corrected chi connectivity index (χ1v) is 6.04. The highest BCUT2D eigenvalue weighted by atomic mass is 35.5. The number of aliphatic hydroxyl groups is 2. The van der Waals surface area contributed by atoms with Crippen LogP contribution in [-0.2, 0) is 4.74 Å². The quantitative estimate of drug-likeness (QED) is 0.595. The standard InChI is InChI=1S/C12H30N2O3.ClH/c1-13(2,3)7-11(15)9-17-10-12(16)8-14(4,5)6;/h11-12,15-16H,7-10H2,1-6H3;1H/q+2;. The minimum Gasteiger partial charge on any atom is -0.385 e. The molecule has 0 aromatic heterocycles. The SMILES string of the molecule is C[N+](C)(C)CC(O)COCC(O)C[N+](C)(C)C.Cl. The van der Waals surface area contributed by atoms with Gasteiger partial charge in [-0.15, -0.1) is 12.4 Å². The third-order valence-corrected chi connectivity index (χ3v) is 2.14. The molecule has 2 atom stereocenters. The van der Waals surface area contributed by atoms with Gasteiger partial charge in [-0.05, 0) is 0 Å². The molecule has 0 fully saturated rings. The number of halogens is 1. The molecule has 0 radical (unpaired) electrons. The van der Waals surface area contributed by atoms with Gasteiger partial charge in [-0.2, -0.15) is 0 Å². The number of hydrogen-bond donors (Lipinski definition) is 2. The molecular weight excluding hydrogens is 256 g/mol. The fourth-order valence-electron chi connectivity index (χ4n) is 1.71. The molecule has 2 unspecified atom stereocenters. The summed E-state index contributed by atoms with van der Waals surface area (Å²) < 4.78 is 6.73. The van der Waals surface area contributed by atoms with Crippen molar-refractivity contribution < 1.29 is 23.9 Å². The number of aliphatic hydroxyl groups excluding tert-OH is 2. The van der Waals surface area contributed by atoms with Gasteiger partial charge in [0.15, 0.2) is 0 Å². The predicted octanol–water partition coefficient (Wildman–Crippen LogP) is -0.441. The fraction of sp³-hybridized carbons (Fsp3) is 1.00. The lowest BCUT2D eigenvalue weighted by Gasteiger charge is -2.28. The molecule has 0 spiro atoms. The Balaban J connectivity index is 0. The Hall–Kier alpha value is 0.0900. The minimum atomic E-state index is -0.480. The smallest absolute Gasteiger partial charge is 0.126 e. The van der Waals surface area contributed by atoms with Gasteiger partial charge in [0.1, 0.15) is 25.3 Å². The normalized spacial score (nSPS) is 16.0. The topological polar surface area (TPSA) is 49.7 Å². The molecule has 0 amide bonds. The van der Waals surface area contributed by atoms with Crippen molar-refractivity contribution in [2.75, 3.05) is 68.6 Å². The molecule has 2 N–H and O–H groups in total. The molecule has 18 heavy (non-hydrogen) atoms. The van der Waals surface area contributed by atoms with Crippen molar-refractivity contribution >= 4 is 12.4 Å². The van der Waals surface area contributed by atoms with Gasteiger partial charge in [-0.1, -0.05) is 0 Å². The summed E-state index contributed by atoms with van der Waals surface area (Å²) in [6.45, 7) is 1.85. The van der Waals surface area contributed by atoms with Crippen molar-refractivity contribution in [3.05, 3.63) is 0 Å². The van der Waals surface area contributed by atoms with Crippen LogP contribution in [0.4, 0.5) is 0 Å². The second-order valence-corrected chi connectivity index (χ2v) is 6.79. The van der Waals surface area contributed by atoms with Crippen LogP contribution >= 0.6 is 12.4 Å². The van der Waals surface area contributed by atoms with E-state index in [9.17, 15) is 10.2 Å². The lowest BCUT2D eigenvalue weighted by Crippen LogP contribution is -2.44. The van der Waals surface area contributed by atoms with Crippen molar-refractivity contribution in [1.82, 2.24) is 0 Å². The lowest BCUT2D eigenvalue weighted by molar-refractivity contribution is -0.874. The summed E-state index contributed by atoms with van der Waals surface area (Å²) in [7, 11) is 12.1. The highest BCUT2D eigenvalue weighted by Crippen LogP contribution is 1.99. The second kappa shape index (κ2) is 8.30. The molecular formula is C12H31ClN2O3+2. The first-order valence-electron chi connectivity index (χ1n) is 6.04. The van der Waals surface area contributed by atoms with E-state index in [1.54, 1.807) is 0 Å². The summed E-state index contributed by atoms with van der Waals surface area (Å²) in [5, 5.41) is 19.4.